The first kappa shape index (κ1) is 27.2. The fourth-order valence-corrected chi connectivity index (χ4v) is 5.50. The summed E-state index contributed by atoms with van der Waals surface area (Å²) >= 11 is 6.37. The fourth-order valence-electron chi connectivity index (χ4n) is 3.86. The maximum Gasteiger partial charge on any atom is 0.264 e. The molecule has 0 spiro atoms. The van der Waals surface area contributed by atoms with Gasteiger partial charge < -0.3 is 10.2 Å². The van der Waals surface area contributed by atoms with E-state index in [1.807, 2.05) is 6.92 Å². The Morgan fingerprint density at radius 3 is 2.06 bits per heavy atom. The molecule has 36 heavy (non-hydrogen) atoms. The number of nitrogens with one attached hydrogen (secondary N) is 1. The van der Waals surface area contributed by atoms with E-state index in [0.717, 1.165) is 4.31 Å². The average molecular weight is 528 g/mol. The van der Waals surface area contributed by atoms with Gasteiger partial charge in [-0.3, -0.25) is 13.9 Å². The van der Waals surface area contributed by atoms with Crippen LogP contribution in [0.2, 0.25) is 5.02 Å². The molecule has 3 aromatic rings. The number of hydrogen-bond donors (Lipinski definition) is 1. The van der Waals surface area contributed by atoms with Crippen LogP contribution in [0.4, 0.5) is 5.69 Å². The summed E-state index contributed by atoms with van der Waals surface area (Å²) in [6.45, 7) is 3.59. The molecule has 0 aliphatic rings. The second-order valence-corrected chi connectivity index (χ2v) is 10.4. The molecule has 0 bridgehead atoms. The molecule has 0 fully saturated rings. The Hall–Kier alpha value is -3.36. The third kappa shape index (κ3) is 6.44. The number of para-hydroxylation sites is 1. The van der Waals surface area contributed by atoms with Crippen LogP contribution >= 0.6 is 11.6 Å². The average Bonchev–Trinajstić information content (AvgIpc) is 2.89. The molecule has 0 heterocycles. The van der Waals surface area contributed by atoms with Crippen molar-refractivity contribution in [1.82, 2.24) is 10.2 Å². The van der Waals surface area contributed by atoms with E-state index in [-0.39, 0.29) is 17.3 Å². The summed E-state index contributed by atoms with van der Waals surface area (Å²) in [6.07, 6.45) is 0.346. The third-order valence-electron chi connectivity index (χ3n) is 5.69. The van der Waals surface area contributed by atoms with Gasteiger partial charge >= 0.3 is 0 Å². The van der Waals surface area contributed by atoms with Crippen molar-refractivity contribution >= 4 is 39.1 Å². The largest absolute Gasteiger partial charge is 0.355 e. The van der Waals surface area contributed by atoms with Crippen molar-refractivity contribution in [3.63, 3.8) is 0 Å². The maximum atomic E-state index is 13.8. The van der Waals surface area contributed by atoms with Gasteiger partial charge in [-0.15, -0.1) is 0 Å². The van der Waals surface area contributed by atoms with E-state index in [9.17, 15) is 18.0 Å². The van der Waals surface area contributed by atoms with Gasteiger partial charge in [-0.2, -0.15) is 0 Å². The second kappa shape index (κ2) is 12.6. The van der Waals surface area contributed by atoms with Gasteiger partial charge in [0.05, 0.1) is 10.6 Å². The summed E-state index contributed by atoms with van der Waals surface area (Å²) in [7, 11) is -4.07. The third-order valence-corrected chi connectivity index (χ3v) is 7.85. The van der Waals surface area contributed by atoms with Crippen LogP contribution in [0.15, 0.2) is 89.8 Å². The molecule has 1 atom stereocenters. The molecule has 0 aliphatic heterocycles. The Labute approximate surface area is 217 Å². The lowest BCUT2D eigenvalue weighted by atomic mass is 10.1. The van der Waals surface area contributed by atoms with Crippen molar-refractivity contribution in [2.75, 3.05) is 17.4 Å². The van der Waals surface area contributed by atoms with E-state index in [2.05, 4.69) is 5.32 Å². The van der Waals surface area contributed by atoms with Crippen LogP contribution in [0.1, 0.15) is 25.8 Å². The molecule has 190 valence electrons. The van der Waals surface area contributed by atoms with Crippen LogP contribution in [0.3, 0.4) is 0 Å². The molecular weight excluding hydrogens is 498 g/mol. The first-order valence-electron chi connectivity index (χ1n) is 11.7. The fraction of sp³-hybridized carbons (Fsp3) is 0.259. The molecule has 9 heteroatoms. The van der Waals surface area contributed by atoms with E-state index in [0.29, 0.717) is 29.2 Å². The molecule has 7 nitrogen and oxygen atoms in total. The summed E-state index contributed by atoms with van der Waals surface area (Å²) in [5.74, 6) is -0.825. The summed E-state index contributed by atoms with van der Waals surface area (Å²) in [6, 6.07) is 22.7. The Morgan fingerprint density at radius 2 is 1.47 bits per heavy atom. The van der Waals surface area contributed by atoms with Gasteiger partial charge in [-0.1, -0.05) is 73.1 Å². The van der Waals surface area contributed by atoms with Crippen LogP contribution in [0, 0.1) is 0 Å². The Morgan fingerprint density at radius 1 is 0.889 bits per heavy atom. The SMILES string of the molecule is CCNC(=O)[C@H](CC)N(Cc1ccccc1Cl)C(=O)CN(c1ccccc1)S(=O)(=O)c1ccccc1. The van der Waals surface area contributed by atoms with Gasteiger partial charge in [0.25, 0.3) is 10.0 Å². The highest BCUT2D eigenvalue weighted by Gasteiger charge is 2.33. The molecule has 3 rings (SSSR count). The summed E-state index contributed by atoms with van der Waals surface area (Å²) < 4.78 is 28.3. The molecule has 2 amide bonds. The van der Waals surface area contributed by atoms with Crippen LogP contribution in [0.25, 0.3) is 0 Å². The molecule has 0 unspecified atom stereocenters. The molecule has 0 aliphatic carbocycles. The number of benzene rings is 3. The van der Waals surface area contributed by atoms with Crippen molar-refractivity contribution in [2.24, 2.45) is 0 Å². The Balaban J connectivity index is 2.03. The Bertz CT molecular complexity index is 1270. The maximum absolute atomic E-state index is 13.8. The van der Waals surface area contributed by atoms with Gasteiger partial charge in [-0.25, -0.2) is 8.42 Å². The minimum absolute atomic E-state index is 0.0577. The number of carbonyl (C=O) groups is 2. The highest BCUT2D eigenvalue weighted by molar-refractivity contribution is 7.92. The van der Waals surface area contributed by atoms with Crippen molar-refractivity contribution in [3.05, 3.63) is 95.5 Å². The van der Waals surface area contributed by atoms with Gasteiger partial charge in [-0.05, 0) is 49.2 Å². The lowest BCUT2D eigenvalue weighted by Crippen LogP contribution is -2.52. The molecule has 0 aromatic heterocycles. The highest BCUT2D eigenvalue weighted by Crippen LogP contribution is 2.25. The second-order valence-electron chi connectivity index (χ2n) is 8.09. The van der Waals surface area contributed by atoms with Crippen molar-refractivity contribution in [3.8, 4) is 0 Å². The zero-order chi connectivity index (χ0) is 26.1. The van der Waals surface area contributed by atoms with Gasteiger partial charge in [0.1, 0.15) is 12.6 Å². The number of amides is 2. The molecule has 0 saturated carbocycles. The van der Waals surface area contributed by atoms with Crippen molar-refractivity contribution in [1.29, 1.82) is 0 Å². The number of rotatable bonds is 11. The monoisotopic (exact) mass is 527 g/mol. The van der Waals surface area contributed by atoms with Crippen LogP contribution in [0.5, 0.6) is 0 Å². The standard InChI is InChI=1S/C27H30ClN3O4S/c1-3-25(27(33)29-4-2)30(19-21-13-11-12-18-24(21)28)26(32)20-31(22-14-7-5-8-15-22)36(34,35)23-16-9-6-10-17-23/h5-18,25H,3-4,19-20H2,1-2H3,(H,29,33)/t25-/m0/s1. The van der Waals surface area contributed by atoms with E-state index < -0.39 is 28.5 Å². The number of sulfonamides is 1. The van der Waals surface area contributed by atoms with E-state index >= 15 is 0 Å². The van der Waals surface area contributed by atoms with Gasteiger partial charge in [0, 0.05) is 18.1 Å². The molecule has 0 radical (unpaired) electrons. The summed E-state index contributed by atoms with van der Waals surface area (Å²) in [5.41, 5.74) is 1.01. The number of hydrogen-bond acceptors (Lipinski definition) is 4. The lowest BCUT2D eigenvalue weighted by Gasteiger charge is -2.33. The highest BCUT2D eigenvalue weighted by atomic mass is 35.5. The molecule has 3 aromatic carbocycles. The lowest BCUT2D eigenvalue weighted by molar-refractivity contribution is -0.140. The summed E-state index contributed by atoms with van der Waals surface area (Å²) in [4.78, 5) is 28.2. The normalized spacial score (nSPS) is 12.0. The summed E-state index contributed by atoms with van der Waals surface area (Å²) in [5, 5.41) is 3.23. The molecule has 1 N–H and O–H groups in total. The van der Waals surface area contributed by atoms with E-state index in [1.165, 1.54) is 17.0 Å². The predicted octanol–water partition coefficient (Wildman–Crippen LogP) is 4.48. The topological polar surface area (TPSA) is 86.8 Å². The zero-order valence-electron chi connectivity index (χ0n) is 20.3. The number of anilines is 1. The quantitative estimate of drug-likeness (QED) is 0.398. The van der Waals surface area contributed by atoms with E-state index in [1.54, 1.807) is 79.7 Å². The van der Waals surface area contributed by atoms with Crippen LogP contribution < -0.4 is 9.62 Å². The number of nitrogens with zero attached hydrogens (tertiary/aromatic N) is 2. The first-order valence-corrected chi connectivity index (χ1v) is 13.5. The minimum atomic E-state index is -4.07. The first-order chi connectivity index (χ1) is 17.3. The smallest absolute Gasteiger partial charge is 0.264 e. The molecular formula is C27H30ClN3O4S. The van der Waals surface area contributed by atoms with Crippen molar-refractivity contribution in [2.45, 2.75) is 37.8 Å². The Kier molecular flexibility index (Phi) is 9.50. The zero-order valence-corrected chi connectivity index (χ0v) is 21.9. The van der Waals surface area contributed by atoms with Crippen LogP contribution in [-0.2, 0) is 26.2 Å². The number of halogens is 1. The predicted molar refractivity (Wildman–Crippen MR) is 142 cm³/mol. The minimum Gasteiger partial charge on any atom is -0.355 e. The van der Waals surface area contributed by atoms with Crippen molar-refractivity contribution < 1.29 is 18.0 Å². The van der Waals surface area contributed by atoms with E-state index in [4.69, 9.17) is 11.6 Å². The molecule has 0 saturated heterocycles. The van der Waals surface area contributed by atoms with Crippen LogP contribution in [-0.4, -0.2) is 44.3 Å². The van der Waals surface area contributed by atoms with Gasteiger partial charge in [0.15, 0.2) is 0 Å². The van der Waals surface area contributed by atoms with Gasteiger partial charge in [0.2, 0.25) is 11.8 Å². The number of carbonyl (C=O) groups excluding carboxylic acids is 2. The number of likely N-dealkylation sites (N-methyl/N-ethyl adjacent to an activating group) is 1.